The minimum Gasteiger partial charge on any atom is -0.356 e. The van der Waals surface area contributed by atoms with Gasteiger partial charge in [0, 0.05) is 5.75 Å². The first-order chi connectivity index (χ1) is 15.4. The SMILES string of the molecule is Cl.c1ccc(-c2ccc(CSC3=NC(c4ccccc4)C(c4ccccc4)N3)cc2)cc1. The van der Waals surface area contributed by atoms with Gasteiger partial charge in [0.25, 0.3) is 0 Å². The fraction of sp³-hybridized carbons (Fsp3) is 0.107. The highest BCUT2D eigenvalue weighted by molar-refractivity contribution is 8.13. The van der Waals surface area contributed by atoms with Crippen LogP contribution in [0, 0.1) is 0 Å². The van der Waals surface area contributed by atoms with Gasteiger partial charge in [-0.2, -0.15) is 0 Å². The fourth-order valence-electron chi connectivity index (χ4n) is 3.95. The van der Waals surface area contributed by atoms with Crippen molar-refractivity contribution >= 4 is 29.3 Å². The van der Waals surface area contributed by atoms with Gasteiger partial charge in [-0.05, 0) is 27.8 Å². The molecule has 0 spiro atoms. The molecule has 1 aliphatic heterocycles. The van der Waals surface area contributed by atoms with Crippen LogP contribution in [0.5, 0.6) is 0 Å². The van der Waals surface area contributed by atoms with Gasteiger partial charge in [-0.1, -0.05) is 127 Å². The van der Waals surface area contributed by atoms with Crippen LogP contribution < -0.4 is 5.32 Å². The molecule has 4 aromatic carbocycles. The van der Waals surface area contributed by atoms with Crippen LogP contribution in [0.4, 0.5) is 0 Å². The zero-order valence-electron chi connectivity index (χ0n) is 17.6. The number of hydrogen-bond acceptors (Lipinski definition) is 3. The predicted octanol–water partition coefficient (Wildman–Crippen LogP) is 7.45. The maximum atomic E-state index is 5.06. The maximum Gasteiger partial charge on any atom is 0.158 e. The first-order valence-corrected chi connectivity index (χ1v) is 11.6. The zero-order chi connectivity index (χ0) is 20.9. The summed E-state index contributed by atoms with van der Waals surface area (Å²) in [4.78, 5) is 5.06. The van der Waals surface area contributed by atoms with Gasteiger partial charge in [0.2, 0.25) is 0 Å². The fourth-order valence-corrected chi connectivity index (χ4v) is 4.84. The molecule has 0 saturated carbocycles. The number of nitrogens with one attached hydrogen (secondary N) is 1. The first kappa shape index (κ1) is 22.2. The summed E-state index contributed by atoms with van der Waals surface area (Å²) in [5.74, 6) is 0.893. The van der Waals surface area contributed by atoms with Crippen molar-refractivity contribution in [2.24, 2.45) is 4.99 Å². The number of halogens is 1. The Labute approximate surface area is 200 Å². The van der Waals surface area contributed by atoms with E-state index in [2.05, 4.69) is 121 Å². The molecule has 32 heavy (non-hydrogen) atoms. The summed E-state index contributed by atoms with van der Waals surface area (Å²) in [6.07, 6.45) is 0. The highest BCUT2D eigenvalue weighted by atomic mass is 35.5. The van der Waals surface area contributed by atoms with Crippen molar-refractivity contribution in [2.45, 2.75) is 17.8 Å². The Morgan fingerprint density at radius 2 is 1.16 bits per heavy atom. The van der Waals surface area contributed by atoms with Gasteiger partial charge in [-0.25, -0.2) is 0 Å². The van der Waals surface area contributed by atoms with E-state index in [0.717, 1.165) is 10.9 Å². The van der Waals surface area contributed by atoms with E-state index in [1.807, 2.05) is 0 Å². The van der Waals surface area contributed by atoms with Crippen LogP contribution in [-0.2, 0) is 5.75 Å². The highest BCUT2D eigenvalue weighted by Crippen LogP contribution is 2.38. The maximum absolute atomic E-state index is 5.06. The standard InChI is InChI=1S/C28H24N2S.ClH/c1-4-10-22(11-5-1)23-18-16-21(17-19-23)20-31-28-29-26(24-12-6-2-7-13-24)27(30-28)25-14-8-3-9-15-25;/h1-19,26-27H,20H2,(H,29,30);1H. The molecule has 0 aliphatic carbocycles. The van der Waals surface area contributed by atoms with Crippen molar-refractivity contribution in [3.8, 4) is 11.1 Å². The molecule has 4 heteroatoms. The van der Waals surface area contributed by atoms with Crippen LogP contribution in [0.3, 0.4) is 0 Å². The van der Waals surface area contributed by atoms with Crippen molar-refractivity contribution in [1.82, 2.24) is 5.32 Å². The average molecular weight is 457 g/mol. The highest BCUT2D eigenvalue weighted by Gasteiger charge is 2.31. The second-order valence-electron chi connectivity index (χ2n) is 7.67. The second kappa shape index (κ2) is 10.5. The monoisotopic (exact) mass is 456 g/mol. The number of amidine groups is 1. The van der Waals surface area contributed by atoms with E-state index in [9.17, 15) is 0 Å². The molecule has 1 heterocycles. The molecule has 2 unspecified atom stereocenters. The van der Waals surface area contributed by atoms with Gasteiger partial charge in [0.05, 0.1) is 6.04 Å². The summed E-state index contributed by atoms with van der Waals surface area (Å²) >= 11 is 1.77. The molecule has 2 atom stereocenters. The number of aliphatic imine (C=N–C) groups is 1. The summed E-state index contributed by atoms with van der Waals surface area (Å²) in [7, 11) is 0. The van der Waals surface area contributed by atoms with E-state index in [0.29, 0.717) is 0 Å². The van der Waals surface area contributed by atoms with E-state index in [4.69, 9.17) is 4.99 Å². The lowest BCUT2D eigenvalue weighted by Crippen LogP contribution is -2.22. The van der Waals surface area contributed by atoms with Gasteiger partial charge < -0.3 is 5.32 Å². The molecule has 4 aromatic rings. The minimum atomic E-state index is 0. The summed E-state index contributed by atoms with van der Waals surface area (Å²) in [6, 6.07) is 40.8. The first-order valence-electron chi connectivity index (χ1n) is 10.6. The molecule has 0 amide bonds. The quantitative estimate of drug-likeness (QED) is 0.337. The average Bonchev–Trinajstić information content (AvgIpc) is 3.29. The Morgan fingerprint density at radius 1 is 0.625 bits per heavy atom. The van der Waals surface area contributed by atoms with E-state index in [1.54, 1.807) is 11.8 Å². The van der Waals surface area contributed by atoms with E-state index in [1.165, 1.54) is 27.8 Å². The van der Waals surface area contributed by atoms with Crippen LogP contribution in [0.15, 0.2) is 120 Å². The number of thioether (sulfide) groups is 1. The molecule has 5 rings (SSSR count). The number of rotatable bonds is 5. The lowest BCUT2D eigenvalue weighted by atomic mass is 9.95. The molecule has 0 aromatic heterocycles. The van der Waals surface area contributed by atoms with Crippen molar-refractivity contribution in [3.05, 3.63) is 132 Å². The molecule has 0 bridgehead atoms. The third-order valence-corrected chi connectivity index (χ3v) is 6.56. The largest absolute Gasteiger partial charge is 0.356 e. The number of benzene rings is 4. The number of nitrogens with zero attached hydrogens (tertiary/aromatic N) is 1. The molecule has 0 fully saturated rings. The lowest BCUT2D eigenvalue weighted by Gasteiger charge is -2.19. The third-order valence-electron chi connectivity index (χ3n) is 5.59. The smallest absolute Gasteiger partial charge is 0.158 e. The Hall–Kier alpha value is -3.01. The topological polar surface area (TPSA) is 24.4 Å². The zero-order valence-corrected chi connectivity index (χ0v) is 19.2. The van der Waals surface area contributed by atoms with Gasteiger partial charge >= 0.3 is 0 Å². The van der Waals surface area contributed by atoms with Crippen molar-refractivity contribution in [1.29, 1.82) is 0 Å². The molecule has 0 saturated heterocycles. The van der Waals surface area contributed by atoms with Crippen LogP contribution >= 0.6 is 24.2 Å². The summed E-state index contributed by atoms with van der Waals surface area (Å²) in [5, 5.41) is 4.69. The minimum absolute atomic E-state index is 0. The van der Waals surface area contributed by atoms with Gasteiger partial charge in [-0.3, -0.25) is 4.99 Å². The Morgan fingerprint density at radius 3 is 1.78 bits per heavy atom. The Kier molecular flexibility index (Phi) is 7.31. The van der Waals surface area contributed by atoms with Gasteiger partial charge in [0.1, 0.15) is 6.04 Å². The molecule has 0 radical (unpaired) electrons. The second-order valence-corrected chi connectivity index (χ2v) is 8.64. The number of hydrogen-bond donors (Lipinski definition) is 1. The molecular weight excluding hydrogens is 432 g/mol. The van der Waals surface area contributed by atoms with E-state index in [-0.39, 0.29) is 24.5 Å². The normalized spacial score (nSPS) is 17.2. The van der Waals surface area contributed by atoms with E-state index >= 15 is 0 Å². The molecule has 2 nitrogen and oxygen atoms in total. The molecule has 160 valence electrons. The van der Waals surface area contributed by atoms with Crippen molar-refractivity contribution < 1.29 is 0 Å². The third kappa shape index (κ3) is 5.07. The summed E-state index contributed by atoms with van der Waals surface area (Å²) in [5.41, 5.74) is 6.31. The Bertz CT molecular complexity index is 1150. The molecule has 1 aliphatic rings. The molecule has 1 N–H and O–H groups in total. The summed E-state index contributed by atoms with van der Waals surface area (Å²) < 4.78 is 0. The van der Waals surface area contributed by atoms with Crippen LogP contribution in [-0.4, -0.2) is 5.17 Å². The van der Waals surface area contributed by atoms with E-state index < -0.39 is 0 Å². The van der Waals surface area contributed by atoms with Crippen LogP contribution in [0.2, 0.25) is 0 Å². The predicted molar refractivity (Wildman–Crippen MR) is 139 cm³/mol. The van der Waals surface area contributed by atoms with Gasteiger partial charge in [0.15, 0.2) is 5.17 Å². The van der Waals surface area contributed by atoms with Crippen LogP contribution in [0.1, 0.15) is 28.8 Å². The van der Waals surface area contributed by atoms with Crippen molar-refractivity contribution in [2.75, 3.05) is 0 Å². The Balaban J connectivity index is 0.00000245. The van der Waals surface area contributed by atoms with Gasteiger partial charge in [-0.15, -0.1) is 12.4 Å². The van der Waals surface area contributed by atoms with Crippen molar-refractivity contribution in [3.63, 3.8) is 0 Å². The lowest BCUT2D eigenvalue weighted by molar-refractivity contribution is 0.573. The summed E-state index contributed by atoms with van der Waals surface area (Å²) in [6.45, 7) is 0. The van der Waals surface area contributed by atoms with Crippen LogP contribution in [0.25, 0.3) is 11.1 Å². The molecular formula is C28H25ClN2S.